The van der Waals surface area contributed by atoms with Gasteiger partial charge in [0.25, 0.3) is 0 Å². The minimum Gasteiger partial charge on any atom is -0.383 e. The lowest BCUT2D eigenvalue weighted by molar-refractivity contribution is 0.187. The molecule has 0 aliphatic carbocycles. The maximum absolute atomic E-state index is 5.10. The standard InChI is InChI=1S/C12H16BrN3OS/c1-9-8-16(4-5-17-2)12(15-9)14-7-11-10(13)3-6-18-11/h3,6,8H,4-5,7H2,1-2H3,(H,14,15). The Morgan fingerprint density at radius 2 is 2.39 bits per heavy atom. The average molecular weight is 330 g/mol. The Morgan fingerprint density at radius 1 is 1.56 bits per heavy atom. The van der Waals surface area contributed by atoms with Crippen molar-refractivity contribution in [2.75, 3.05) is 19.0 Å². The highest BCUT2D eigenvalue weighted by atomic mass is 79.9. The van der Waals surface area contributed by atoms with E-state index < -0.39 is 0 Å². The van der Waals surface area contributed by atoms with Crippen LogP contribution in [0.2, 0.25) is 0 Å². The molecule has 0 fully saturated rings. The molecule has 0 aliphatic rings. The molecule has 18 heavy (non-hydrogen) atoms. The van der Waals surface area contributed by atoms with E-state index >= 15 is 0 Å². The van der Waals surface area contributed by atoms with Gasteiger partial charge in [-0.3, -0.25) is 0 Å². The number of nitrogens with zero attached hydrogens (tertiary/aromatic N) is 2. The molecule has 0 aliphatic heterocycles. The van der Waals surface area contributed by atoms with Crippen LogP contribution in [0.15, 0.2) is 22.1 Å². The zero-order valence-corrected chi connectivity index (χ0v) is 12.8. The Bertz CT molecular complexity index is 509. The predicted molar refractivity (Wildman–Crippen MR) is 78.2 cm³/mol. The molecule has 4 nitrogen and oxygen atoms in total. The second kappa shape index (κ2) is 6.36. The van der Waals surface area contributed by atoms with E-state index in [1.165, 1.54) is 4.88 Å². The van der Waals surface area contributed by atoms with Crippen LogP contribution in [0.4, 0.5) is 5.95 Å². The van der Waals surface area contributed by atoms with Crippen molar-refractivity contribution in [1.82, 2.24) is 9.55 Å². The quantitative estimate of drug-likeness (QED) is 0.883. The molecule has 0 amide bonds. The summed E-state index contributed by atoms with van der Waals surface area (Å²) in [5.41, 5.74) is 1.01. The van der Waals surface area contributed by atoms with Gasteiger partial charge in [0.15, 0.2) is 0 Å². The first-order chi connectivity index (χ1) is 8.70. The molecule has 0 radical (unpaired) electrons. The monoisotopic (exact) mass is 329 g/mol. The van der Waals surface area contributed by atoms with Crippen molar-refractivity contribution in [2.24, 2.45) is 0 Å². The highest BCUT2D eigenvalue weighted by molar-refractivity contribution is 9.10. The van der Waals surface area contributed by atoms with Gasteiger partial charge in [-0.05, 0) is 34.3 Å². The van der Waals surface area contributed by atoms with E-state index in [2.05, 4.69) is 42.2 Å². The van der Waals surface area contributed by atoms with Gasteiger partial charge in [-0.1, -0.05) is 0 Å². The minimum atomic E-state index is 0.688. The van der Waals surface area contributed by atoms with Crippen molar-refractivity contribution in [3.8, 4) is 0 Å². The molecule has 6 heteroatoms. The van der Waals surface area contributed by atoms with E-state index in [0.29, 0.717) is 6.61 Å². The van der Waals surface area contributed by atoms with E-state index in [4.69, 9.17) is 4.74 Å². The van der Waals surface area contributed by atoms with Crippen LogP contribution in [0.5, 0.6) is 0 Å². The smallest absolute Gasteiger partial charge is 0.203 e. The molecule has 0 saturated heterocycles. The van der Waals surface area contributed by atoms with Crippen molar-refractivity contribution < 1.29 is 4.74 Å². The molecule has 2 aromatic rings. The molecule has 0 saturated carbocycles. The Balaban J connectivity index is 2.02. The van der Waals surface area contributed by atoms with Gasteiger partial charge in [-0.15, -0.1) is 11.3 Å². The lowest BCUT2D eigenvalue weighted by Crippen LogP contribution is -2.09. The molecule has 2 rings (SSSR count). The lowest BCUT2D eigenvalue weighted by Gasteiger charge is -2.08. The predicted octanol–water partition coefficient (Wildman–Crippen LogP) is 3.27. The zero-order chi connectivity index (χ0) is 13.0. The number of nitrogens with one attached hydrogen (secondary N) is 1. The van der Waals surface area contributed by atoms with E-state index in [9.17, 15) is 0 Å². The van der Waals surface area contributed by atoms with Crippen molar-refractivity contribution in [3.05, 3.63) is 32.7 Å². The Kier molecular flexibility index (Phi) is 4.79. The van der Waals surface area contributed by atoms with Crippen LogP contribution in [-0.2, 0) is 17.8 Å². The molecule has 98 valence electrons. The fourth-order valence-corrected chi connectivity index (χ4v) is 3.09. The highest BCUT2D eigenvalue weighted by Gasteiger charge is 2.07. The lowest BCUT2D eigenvalue weighted by atomic mass is 10.5. The van der Waals surface area contributed by atoms with Crippen LogP contribution in [0.3, 0.4) is 0 Å². The Hall–Kier alpha value is -0.850. The largest absolute Gasteiger partial charge is 0.383 e. The molecular formula is C12H16BrN3OS. The van der Waals surface area contributed by atoms with Gasteiger partial charge < -0.3 is 14.6 Å². The third-order valence-electron chi connectivity index (χ3n) is 2.53. The molecule has 0 aromatic carbocycles. The SMILES string of the molecule is COCCn1cc(C)nc1NCc1sccc1Br. The van der Waals surface area contributed by atoms with Gasteiger partial charge in [0.1, 0.15) is 0 Å². The van der Waals surface area contributed by atoms with Gasteiger partial charge in [0.2, 0.25) is 5.95 Å². The first-order valence-electron chi connectivity index (χ1n) is 5.69. The summed E-state index contributed by atoms with van der Waals surface area (Å²) in [5, 5.41) is 5.44. The van der Waals surface area contributed by atoms with Crippen molar-refractivity contribution in [3.63, 3.8) is 0 Å². The zero-order valence-electron chi connectivity index (χ0n) is 10.4. The van der Waals surface area contributed by atoms with Gasteiger partial charge in [0.05, 0.1) is 18.8 Å². The molecule has 2 heterocycles. The Morgan fingerprint density at radius 3 is 3.06 bits per heavy atom. The first kappa shape index (κ1) is 13.6. The number of anilines is 1. The van der Waals surface area contributed by atoms with Gasteiger partial charge >= 0.3 is 0 Å². The molecule has 0 unspecified atom stereocenters. The summed E-state index contributed by atoms with van der Waals surface area (Å²) in [7, 11) is 1.71. The topological polar surface area (TPSA) is 39.1 Å². The number of halogens is 1. The number of hydrogen-bond acceptors (Lipinski definition) is 4. The van der Waals surface area contributed by atoms with Crippen LogP contribution < -0.4 is 5.32 Å². The number of imidazole rings is 1. The molecule has 1 N–H and O–H groups in total. The average Bonchev–Trinajstić information content (AvgIpc) is 2.90. The number of ether oxygens (including phenoxy) is 1. The number of aryl methyl sites for hydroxylation is 1. The van der Waals surface area contributed by atoms with E-state index in [0.717, 1.165) is 29.2 Å². The fraction of sp³-hybridized carbons (Fsp3) is 0.417. The van der Waals surface area contributed by atoms with E-state index in [1.54, 1.807) is 18.4 Å². The fourth-order valence-electron chi connectivity index (χ4n) is 1.66. The number of rotatable bonds is 6. The van der Waals surface area contributed by atoms with E-state index in [1.807, 2.05) is 13.1 Å². The van der Waals surface area contributed by atoms with Crippen molar-refractivity contribution in [2.45, 2.75) is 20.0 Å². The number of methoxy groups -OCH3 is 1. The van der Waals surface area contributed by atoms with Crippen LogP contribution in [0, 0.1) is 6.92 Å². The highest BCUT2D eigenvalue weighted by Crippen LogP contribution is 2.23. The second-order valence-corrected chi connectivity index (χ2v) is 5.79. The summed E-state index contributed by atoms with van der Waals surface area (Å²) < 4.78 is 8.33. The number of aromatic nitrogens is 2. The van der Waals surface area contributed by atoms with Crippen molar-refractivity contribution >= 4 is 33.2 Å². The summed E-state index contributed by atoms with van der Waals surface area (Å²) in [6, 6.07) is 2.06. The number of thiophene rings is 1. The van der Waals surface area contributed by atoms with Crippen LogP contribution in [-0.4, -0.2) is 23.3 Å². The summed E-state index contributed by atoms with van der Waals surface area (Å²) in [6.07, 6.45) is 2.03. The summed E-state index contributed by atoms with van der Waals surface area (Å²) in [6.45, 7) is 4.27. The molecule has 0 bridgehead atoms. The van der Waals surface area contributed by atoms with Crippen LogP contribution in [0.25, 0.3) is 0 Å². The normalized spacial score (nSPS) is 10.8. The summed E-state index contributed by atoms with van der Waals surface area (Å²) >= 11 is 5.26. The molecule has 0 spiro atoms. The summed E-state index contributed by atoms with van der Waals surface area (Å²) in [4.78, 5) is 5.75. The van der Waals surface area contributed by atoms with E-state index in [-0.39, 0.29) is 0 Å². The van der Waals surface area contributed by atoms with Gasteiger partial charge in [-0.2, -0.15) is 0 Å². The third-order valence-corrected chi connectivity index (χ3v) is 4.46. The minimum absolute atomic E-state index is 0.688. The van der Waals surface area contributed by atoms with Crippen LogP contribution >= 0.6 is 27.3 Å². The second-order valence-electron chi connectivity index (χ2n) is 3.94. The number of hydrogen-bond donors (Lipinski definition) is 1. The molecular weight excluding hydrogens is 314 g/mol. The maximum Gasteiger partial charge on any atom is 0.203 e. The maximum atomic E-state index is 5.10. The third kappa shape index (κ3) is 3.34. The molecule has 2 aromatic heterocycles. The van der Waals surface area contributed by atoms with Gasteiger partial charge in [-0.25, -0.2) is 4.98 Å². The summed E-state index contributed by atoms with van der Waals surface area (Å²) in [5.74, 6) is 0.893. The molecule has 0 atom stereocenters. The van der Waals surface area contributed by atoms with Crippen LogP contribution in [0.1, 0.15) is 10.6 Å². The Labute approximate surface area is 119 Å². The van der Waals surface area contributed by atoms with Gasteiger partial charge in [0, 0.05) is 29.2 Å². The first-order valence-corrected chi connectivity index (χ1v) is 7.36. The van der Waals surface area contributed by atoms with Crippen molar-refractivity contribution in [1.29, 1.82) is 0 Å².